The molecule has 1 N–H and O–H groups in total. The first-order valence-electron chi connectivity index (χ1n) is 6.52. The highest BCUT2D eigenvalue weighted by Gasteiger charge is 2.18. The normalized spacial score (nSPS) is 14.3. The van der Waals surface area contributed by atoms with Gasteiger partial charge in [0, 0.05) is 23.4 Å². The molecule has 0 bridgehead atoms. The highest BCUT2D eigenvalue weighted by molar-refractivity contribution is 7.09. The maximum absolute atomic E-state index is 4.70. The molecule has 1 atom stereocenters. The minimum atomic E-state index is 0.164. The average Bonchev–Trinajstić information content (AvgIpc) is 2.66. The van der Waals surface area contributed by atoms with Crippen LogP contribution in [0.1, 0.15) is 58.7 Å². The Morgan fingerprint density at radius 2 is 2.00 bits per heavy atom. The molecule has 0 amide bonds. The van der Waals surface area contributed by atoms with Gasteiger partial charge in [-0.25, -0.2) is 4.98 Å². The molecule has 1 unspecified atom stereocenters. The van der Waals surface area contributed by atoms with E-state index in [-0.39, 0.29) is 5.41 Å². The highest BCUT2D eigenvalue weighted by atomic mass is 32.1. The van der Waals surface area contributed by atoms with Crippen LogP contribution in [0, 0.1) is 5.92 Å². The molecular weight excluding hydrogens is 228 g/mol. The lowest BCUT2D eigenvalue weighted by atomic mass is 9.93. The van der Waals surface area contributed by atoms with Crippen LogP contribution in [0.4, 0.5) is 0 Å². The smallest absolute Gasteiger partial charge is 0.107 e. The minimum absolute atomic E-state index is 0.164. The second-order valence-corrected chi connectivity index (χ2v) is 6.96. The molecular formula is C14H26N2S. The summed E-state index contributed by atoms with van der Waals surface area (Å²) in [6.07, 6.45) is 1.18. The summed E-state index contributed by atoms with van der Waals surface area (Å²) in [6, 6.07) is 0.594. The van der Waals surface area contributed by atoms with Gasteiger partial charge in [0.1, 0.15) is 5.01 Å². The van der Waals surface area contributed by atoms with Crippen molar-refractivity contribution in [2.45, 2.75) is 66.0 Å². The van der Waals surface area contributed by atoms with Crippen LogP contribution < -0.4 is 5.32 Å². The third-order valence-corrected chi connectivity index (χ3v) is 3.93. The second-order valence-electron chi connectivity index (χ2n) is 6.02. The summed E-state index contributed by atoms with van der Waals surface area (Å²) in [4.78, 5) is 4.70. The molecule has 17 heavy (non-hydrogen) atoms. The number of aromatic nitrogens is 1. The molecule has 1 heterocycles. The number of nitrogens with one attached hydrogen (secondary N) is 1. The molecule has 3 heteroatoms. The van der Waals surface area contributed by atoms with Crippen molar-refractivity contribution >= 4 is 11.3 Å². The van der Waals surface area contributed by atoms with Gasteiger partial charge in [-0.2, -0.15) is 0 Å². The van der Waals surface area contributed by atoms with Gasteiger partial charge < -0.3 is 5.32 Å². The number of thiazole rings is 1. The molecule has 0 spiro atoms. The largest absolute Gasteiger partial charge is 0.307 e. The van der Waals surface area contributed by atoms with Crippen molar-refractivity contribution in [3.63, 3.8) is 0 Å². The molecule has 0 fully saturated rings. The van der Waals surface area contributed by atoms with E-state index in [1.165, 1.54) is 17.1 Å². The SMILES string of the molecule is CCC(NCc1nc(C(C)(C)C)cs1)C(C)C. The summed E-state index contributed by atoms with van der Waals surface area (Å²) in [5.74, 6) is 0.682. The van der Waals surface area contributed by atoms with E-state index in [0.29, 0.717) is 12.0 Å². The van der Waals surface area contributed by atoms with E-state index in [9.17, 15) is 0 Å². The molecule has 0 radical (unpaired) electrons. The van der Waals surface area contributed by atoms with Crippen LogP contribution in [0.15, 0.2) is 5.38 Å². The van der Waals surface area contributed by atoms with Gasteiger partial charge in [-0.05, 0) is 12.3 Å². The van der Waals surface area contributed by atoms with E-state index in [4.69, 9.17) is 4.98 Å². The minimum Gasteiger partial charge on any atom is -0.307 e. The Bertz CT molecular complexity index is 336. The van der Waals surface area contributed by atoms with Crippen LogP contribution in [0.3, 0.4) is 0 Å². The third kappa shape index (κ3) is 4.40. The zero-order valence-electron chi connectivity index (χ0n) is 12.0. The first-order chi connectivity index (χ1) is 7.84. The maximum Gasteiger partial charge on any atom is 0.107 e. The number of hydrogen-bond acceptors (Lipinski definition) is 3. The van der Waals surface area contributed by atoms with Gasteiger partial charge >= 0.3 is 0 Å². The molecule has 0 aromatic carbocycles. The van der Waals surface area contributed by atoms with Crippen molar-refractivity contribution in [2.24, 2.45) is 5.92 Å². The fourth-order valence-corrected chi connectivity index (χ4v) is 2.78. The standard InChI is InChI=1S/C14H26N2S/c1-7-11(10(2)3)15-8-13-16-12(9-17-13)14(4,5)6/h9-11,15H,7-8H2,1-6H3. The Kier molecular flexibility index (Phi) is 5.14. The Hall–Kier alpha value is -0.410. The quantitative estimate of drug-likeness (QED) is 0.860. The lowest BCUT2D eigenvalue weighted by Crippen LogP contribution is -2.32. The Labute approximate surface area is 110 Å². The summed E-state index contributed by atoms with van der Waals surface area (Å²) in [5.41, 5.74) is 1.37. The zero-order valence-corrected chi connectivity index (χ0v) is 12.8. The topological polar surface area (TPSA) is 24.9 Å². The van der Waals surface area contributed by atoms with Gasteiger partial charge in [-0.1, -0.05) is 41.5 Å². The summed E-state index contributed by atoms with van der Waals surface area (Å²) in [7, 11) is 0. The first-order valence-corrected chi connectivity index (χ1v) is 7.40. The molecule has 0 saturated carbocycles. The molecule has 0 saturated heterocycles. The molecule has 1 aromatic heterocycles. The second kappa shape index (κ2) is 5.96. The van der Waals surface area contributed by atoms with Crippen molar-refractivity contribution in [3.05, 3.63) is 16.1 Å². The van der Waals surface area contributed by atoms with Crippen LogP contribution in [-0.4, -0.2) is 11.0 Å². The molecule has 98 valence electrons. The van der Waals surface area contributed by atoms with Crippen molar-refractivity contribution in [2.75, 3.05) is 0 Å². The van der Waals surface area contributed by atoms with Gasteiger partial charge in [0.2, 0.25) is 0 Å². The van der Waals surface area contributed by atoms with Crippen LogP contribution in [0.25, 0.3) is 0 Å². The van der Waals surface area contributed by atoms with E-state index < -0.39 is 0 Å². The summed E-state index contributed by atoms with van der Waals surface area (Å²) >= 11 is 1.77. The van der Waals surface area contributed by atoms with E-state index in [0.717, 1.165) is 6.54 Å². The molecule has 1 aromatic rings. The molecule has 0 aliphatic heterocycles. The fourth-order valence-electron chi connectivity index (χ4n) is 1.81. The van der Waals surface area contributed by atoms with Gasteiger partial charge in [-0.15, -0.1) is 11.3 Å². The van der Waals surface area contributed by atoms with Crippen LogP contribution in [0.2, 0.25) is 0 Å². The Morgan fingerprint density at radius 1 is 1.35 bits per heavy atom. The summed E-state index contributed by atoms with van der Waals surface area (Å²) in [5, 5.41) is 6.99. The predicted molar refractivity (Wildman–Crippen MR) is 76.6 cm³/mol. The lowest BCUT2D eigenvalue weighted by molar-refractivity contribution is 0.387. The van der Waals surface area contributed by atoms with Crippen molar-refractivity contribution in [1.82, 2.24) is 10.3 Å². The van der Waals surface area contributed by atoms with Gasteiger partial charge in [0.05, 0.1) is 5.69 Å². The molecule has 0 aliphatic rings. The van der Waals surface area contributed by atoms with Crippen LogP contribution in [0.5, 0.6) is 0 Å². The van der Waals surface area contributed by atoms with Gasteiger partial charge in [-0.3, -0.25) is 0 Å². The number of nitrogens with zero attached hydrogens (tertiary/aromatic N) is 1. The Balaban J connectivity index is 2.56. The van der Waals surface area contributed by atoms with Crippen LogP contribution >= 0.6 is 11.3 Å². The zero-order chi connectivity index (χ0) is 13.1. The predicted octanol–water partition coefficient (Wildman–Crippen LogP) is 3.96. The van der Waals surface area contributed by atoms with E-state index in [1.54, 1.807) is 11.3 Å². The van der Waals surface area contributed by atoms with Gasteiger partial charge in [0.15, 0.2) is 0 Å². The third-order valence-electron chi connectivity index (χ3n) is 3.08. The fraction of sp³-hybridized carbons (Fsp3) is 0.786. The lowest BCUT2D eigenvalue weighted by Gasteiger charge is -2.20. The van der Waals surface area contributed by atoms with Crippen LogP contribution in [-0.2, 0) is 12.0 Å². The molecule has 2 nitrogen and oxygen atoms in total. The van der Waals surface area contributed by atoms with E-state index in [1.807, 2.05) is 0 Å². The average molecular weight is 254 g/mol. The van der Waals surface area contributed by atoms with Crippen molar-refractivity contribution in [1.29, 1.82) is 0 Å². The van der Waals surface area contributed by atoms with Gasteiger partial charge in [0.25, 0.3) is 0 Å². The van der Waals surface area contributed by atoms with Crippen molar-refractivity contribution < 1.29 is 0 Å². The molecule has 0 aliphatic carbocycles. The summed E-state index contributed by atoms with van der Waals surface area (Å²) in [6.45, 7) is 14.3. The number of rotatable bonds is 5. The Morgan fingerprint density at radius 3 is 2.41 bits per heavy atom. The first kappa shape index (κ1) is 14.7. The van der Waals surface area contributed by atoms with E-state index >= 15 is 0 Å². The highest BCUT2D eigenvalue weighted by Crippen LogP contribution is 2.23. The number of hydrogen-bond donors (Lipinski definition) is 1. The monoisotopic (exact) mass is 254 g/mol. The van der Waals surface area contributed by atoms with E-state index in [2.05, 4.69) is 52.2 Å². The molecule has 1 rings (SSSR count). The van der Waals surface area contributed by atoms with Crippen molar-refractivity contribution in [3.8, 4) is 0 Å². The maximum atomic E-state index is 4.70. The summed E-state index contributed by atoms with van der Waals surface area (Å²) < 4.78 is 0.